The molecular formula is C25H21F2N5O. The number of benzene rings is 3. The predicted molar refractivity (Wildman–Crippen MR) is 125 cm³/mol. The Morgan fingerprint density at radius 3 is 1.76 bits per heavy atom. The molecule has 1 aromatic heterocycles. The van der Waals surface area contributed by atoms with Gasteiger partial charge in [-0.25, -0.2) is 18.7 Å². The zero-order chi connectivity index (χ0) is 23.4. The van der Waals surface area contributed by atoms with E-state index in [4.69, 9.17) is 0 Å². The van der Waals surface area contributed by atoms with Crippen LogP contribution >= 0.6 is 0 Å². The summed E-state index contributed by atoms with van der Waals surface area (Å²) in [5, 5.41) is 8.94. The van der Waals surface area contributed by atoms with Gasteiger partial charge in [0.25, 0.3) is 5.91 Å². The van der Waals surface area contributed by atoms with E-state index in [1.165, 1.54) is 11.6 Å². The van der Waals surface area contributed by atoms with E-state index in [2.05, 4.69) is 25.9 Å². The zero-order valence-electron chi connectivity index (χ0n) is 18.0. The molecule has 0 saturated carbocycles. The second kappa shape index (κ2) is 9.44. The van der Waals surface area contributed by atoms with Gasteiger partial charge in [0.05, 0.1) is 0 Å². The molecule has 0 bridgehead atoms. The molecule has 0 aliphatic heterocycles. The Morgan fingerprint density at radius 2 is 1.21 bits per heavy atom. The van der Waals surface area contributed by atoms with E-state index in [1.54, 1.807) is 37.3 Å². The number of hydrogen-bond donors (Lipinski definition) is 3. The van der Waals surface area contributed by atoms with E-state index in [9.17, 15) is 13.6 Å². The first-order valence-electron chi connectivity index (χ1n) is 10.2. The Kier molecular flexibility index (Phi) is 6.26. The monoisotopic (exact) mass is 445 g/mol. The van der Waals surface area contributed by atoms with Crippen molar-refractivity contribution in [1.29, 1.82) is 0 Å². The molecule has 3 N–H and O–H groups in total. The lowest BCUT2D eigenvalue weighted by Gasteiger charge is -2.11. The number of aryl methyl sites for hydroxylation is 2. The Hall–Kier alpha value is -4.33. The quantitative estimate of drug-likeness (QED) is 0.334. The number of carbonyl (C=O) groups excluding carboxylic acids is 1. The molecule has 1 heterocycles. The molecule has 0 aliphatic rings. The largest absolute Gasteiger partial charge is 0.340 e. The summed E-state index contributed by atoms with van der Waals surface area (Å²) in [6.07, 6.45) is 0. The number of rotatable bonds is 6. The number of anilines is 5. The van der Waals surface area contributed by atoms with Gasteiger partial charge >= 0.3 is 0 Å². The summed E-state index contributed by atoms with van der Waals surface area (Å²) in [6.45, 7) is 3.82. The molecule has 0 saturated heterocycles. The van der Waals surface area contributed by atoms with Crippen molar-refractivity contribution < 1.29 is 13.6 Å². The van der Waals surface area contributed by atoms with Gasteiger partial charge in [-0.15, -0.1) is 0 Å². The van der Waals surface area contributed by atoms with Gasteiger partial charge in [0.2, 0.25) is 0 Å². The molecule has 0 unspecified atom stereocenters. The molecule has 3 aromatic carbocycles. The second-order valence-electron chi connectivity index (χ2n) is 7.43. The van der Waals surface area contributed by atoms with E-state index in [1.807, 2.05) is 31.2 Å². The molecule has 4 rings (SSSR count). The van der Waals surface area contributed by atoms with Gasteiger partial charge in [0.1, 0.15) is 34.7 Å². The standard InChI is InChI=1S/C25H21F2N5O/c1-15-6-8-17(9-7-15)30-22-14-23(29-16(2)28-22)31-18-10-12-19(13-11-18)32-25(33)24-20(26)4-3-5-21(24)27/h3-14H,1-2H3,(H,32,33)(H2,28,29,30,31). The normalized spacial score (nSPS) is 10.5. The molecule has 6 nitrogen and oxygen atoms in total. The molecule has 33 heavy (non-hydrogen) atoms. The minimum absolute atomic E-state index is 0.397. The van der Waals surface area contributed by atoms with Gasteiger partial charge in [-0.05, 0) is 62.4 Å². The first-order valence-corrected chi connectivity index (χ1v) is 10.2. The van der Waals surface area contributed by atoms with Crippen LogP contribution in [0.5, 0.6) is 0 Å². The smallest absolute Gasteiger partial charge is 0.261 e. The molecule has 0 aliphatic carbocycles. The van der Waals surface area contributed by atoms with E-state index in [0.29, 0.717) is 28.8 Å². The highest BCUT2D eigenvalue weighted by molar-refractivity contribution is 6.04. The molecule has 8 heteroatoms. The van der Waals surface area contributed by atoms with Crippen LogP contribution in [0.15, 0.2) is 72.8 Å². The fourth-order valence-electron chi connectivity index (χ4n) is 3.17. The maximum absolute atomic E-state index is 13.8. The van der Waals surface area contributed by atoms with E-state index >= 15 is 0 Å². The van der Waals surface area contributed by atoms with Gasteiger partial charge in [0, 0.05) is 23.1 Å². The highest BCUT2D eigenvalue weighted by Gasteiger charge is 2.17. The lowest BCUT2D eigenvalue weighted by atomic mass is 10.1. The maximum Gasteiger partial charge on any atom is 0.261 e. The Balaban J connectivity index is 1.45. The average Bonchev–Trinajstić information content (AvgIpc) is 2.76. The van der Waals surface area contributed by atoms with Gasteiger partial charge in [-0.2, -0.15) is 0 Å². The van der Waals surface area contributed by atoms with E-state index in [-0.39, 0.29) is 0 Å². The molecule has 166 valence electrons. The predicted octanol–water partition coefficient (Wildman–Crippen LogP) is 6.11. The maximum atomic E-state index is 13.8. The minimum atomic E-state index is -0.917. The second-order valence-corrected chi connectivity index (χ2v) is 7.43. The molecule has 4 aromatic rings. The summed E-state index contributed by atoms with van der Waals surface area (Å²) in [6, 6.07) is 19.7. The summed E-state index contributed by atoms with van der Waals surface area (Å²) < 4.78 is 27.6. The zero-order valence-corrected chi connectivity index (χ0v) is 18.0. The Labute approximate surface area is 189 Å². The number of aromatic nitrogens is 2. The van der Waals surface area contributed by atoms with Crippen LogP contribution in [0.1, 0.15) is 21.7 Å². The van der Waals surface area contributed by atoms with E-state index < -0.39 is 23.1 Å². The van der Waals surface area contributed by atoms with Crippen LogP contribution < -0.4 is 16.0 Å². The summed E-state index contributed by atoms with van der Waals surface area (Å²) in [5.74, 6) is -0.873. The molecule has 0 spiro atoms. The van der Waals surface area contributed by atoms with Gasteiger partial charge in [0.15, 0.2) is 0 Å². The molecule has 0 fully saturated rings. The molecule has 1 amide bonds. The van der Waals surface area contributed by atoms with Crippen molar-refractivity contribution in [2.24, 2.45) is 0 Å². The molecular weight excluding hydrogens is 424 g/mol. The van der Waals surface area contributed by atoms with Crippen LogP contribution in [0.25, 0.3) is 0 Å². The summed E-state index contributed by atoms with van der Waals surface area (Å²) >= 11 is 0. The van der Waals surface area contributed by atoms with Crippen molar-refractivity contribution in [2.75, 3.05) is 16.0 Å². The average molecular weight is 445 g/mol. The topological polar surface area (TPSA) is 78.9 Å². The first-order chi connectivity index (χ1) is 15.9. The van der Waals surface area contributed by atoms with Crippen LogP contribution in [0, 0.1) is 25.5 Å². The summed E-state index contributed by atoms with van der Waals surface area (Å²) in [5.41, 5.74) is 2.57. The number of carbonyl (C=O) groups is 1. The van der Waals surface area contributed by atoms with Crippen molar-refractivity contribution >= 4 is 34.6 Å². The molecule has 0 atom stereocenters. The van der Waals surface area contributed by atoms with Crippen molar-refractivity contribution in [3.05, 3.63) is 101 Å². The molecule has 0 radical (unpaired) electrons. The third kappa shape index (κ3) is 5.48. The number of hydrogen-bond acceptors (Lipinski definition) is 5. The van der Waals surface area contributed by atoms with Gasteiger partial charge in [-0.1, -0.05) is 23.8 Å². The third-order valence-electron chi connectivity index (χ3n) is 4.77. The Bertz CT molecular complexity index is 1270. The lowest BCUT2D eigenvalue weighted by Crippen LogP contribution is -2.15. The Morgan fingerprint density at radius 1 is 0.727 bits per heavy atom. The number of nitrogens with one attached hydrogen (secondary N) is 3. The van der Waals surface area contributed by atoms with Gasteiger partial charge < -0.3 is 16.0 Å². The highest BCUT2D eigenvalue weighted by Crippen LogP contribution is 2.22. The summed E-state index contributed by atoms with van der Waals surface area (Å²) in [4.78, 5) is 21.1. The van der Waals surface area contributed by atoms with Gasteiger partial charge in [-0.3, -0.25) is 4.79 Å². The van der Waals surface area contributed by atoms with Crippen LogP contribution in [0.2, 0.25) is 0 Å². The van der Waals surface area contributed by atoms with Crippen molar-refractivity contribution in [3.63, 3.8) is 0 Å². The fraction of sp³-hybridized carbons (Fsp3) is 0.0800. The number of nitrogens with zero attached hydrogens (tertiary/aromatic N) is 2. The van der Waals surface area contributed by atoms with Crippen LogP contribution in [-0.2, 0) is 0 Å². The summed E-state index contributed by atoms with van der Waals surface area (Å²) in [7, 11) is 0. The highest BCUT2D eigenvalue weighted by atomic mass is 19.1. The van der Waals surface area contributed by atoms with Crippen molar-refractivity contribution in [1.82, 2.24) is 9.97 Å². The van der Waals surface area contributed by atoms with Crippen LogP contribution in [0.3, 0.4) is 0 Å². The van der Waals surface area contributed by atoms with Crippen LogP contribution in [-0.4, -0.2) is 15.9 Å². The minimum Gasteiger partial charge on any atom is -0.340 e. The third-order valence-corrected chi connectivity index (χ3v) is 4.77. The van der Waals surface area contributed by atoms with Crippen LogP contribution in [0.4, 0.5) is 37.5 Å². The van der Waals surface area contributed by atoms with E-state index in [0.717, 1.165) is 17.8 Å². The number of amides is 1. The SMILES string of the molecule is Cc1ccc(Nc2cc(Nc3ccc(NC(=O)c4c(F)cccc4F)cc3)nc(C)n2)cc1. The number of halogens is 2. The first kappa shape index (κ1) is 21.9. The van der Waals surface area contributed by atoms with Crippen molar-refractivity contribution in [2.45, 2.75) is 13.8 Å². The van der Waals surface area contributed by atoms with Crippen molar-refractivity contribution in [3.8, 4) is 0 Å². The lowest BCUT2D eigenvalue weighted by molar-refractivity contribution is 0.101. The fourth-order valence-corrected chi connectivity index (χ4v) is 3.17.